The molecule has 4 heteroatoms. The molecule has 1 aliphatic heterocycles. The maximum absolute atomic E-state index is 10.8. The number of benzene rings is 1. The lowest BCUT2D eigenvalue weighted by Gasteiger charge is -2.28. The van der Waals surface area contributed by atoms with E-state index in [1.54, 1.807) is 7.11 Å². The Labute approximate surface area is 113 Å². The van der Waals surface area contributed by atoms with E-state index in [1.165, 1.54) is 4.90 Å². The van der Waals surface area contributed by atoms with Gasteiger partial charge >= 0.3 is 6.09 Å². The molecule has 0 aromatic heterocycles. The SMILES string of the molecule is COc1ccc(C=CC2CCN(C(=O)O)CC2)cc1. The maximum atomic E-state index is 10.8. The molecule has 1 aromatic carbocycles. The third kappa shape index (κ3) is 3.74. The number of carbonyl (C=O) groups is 1. The predicted molar refractivity (Wildman–Crippen MR) is 74.3 cm³/mol. The molecule has 0 radical (unpaired) electrons. The fourth-order valence-corrected chi connectivity index (χ4v) is 2.25. The van der Waals surface area contributed by atoms with Gasteiger partial charge in [0, 0.05) is 13.1 Å². The van der Waals surface area contributed by atoms with Crippen LogP contribution >= 0.6 is 0 Å². The highest BCUT2D eigenvalue weighted by molar-refractivity contribution is 5.65. The lowest BCUT2D eigenvalue weighted by Crippen LogP contribution is -2.36. The van der Waals surface area contributed by atoms with Crippen LogP contribution < -0.4 is 4.74 Å². The zero-order valence-corrected chi connectivity index (χ0v) is 11.1. The Kier molecular flexibility index (Phi) is 4.44. The lowest BCUT2D eigenvalue weighted by molar-refractivity contribution is 0.129. The molecule has 1 N–H and O–H groups in total. The summed E-state index contributed by atoms with van der Waals surface area (Å²) >= 11 is 0. The molecule has 0 atom stereocenters. The minimum atomic E-state index is -0.808. The smallest absolute Gasteiger partial charge is 0.407 e. The molecule has 0 spiro atoms. The van der Waals surface area contributed by atoms with Crippen LogP contribution in [0.15, 0.2) is 30.3 Å². The van der Waals surface area contributed by atoms with Crippen molar-refractivity contribution in [1.29, 1.82) is 0 Å². The third-order valence-corrected chi connectivity index (χ3v) is 3.49. The van der Waals surface area contributed by atoms with Gasteiger partial charge in [-0.3, -0.25) is 0 Å². The molecule has 0 bridgehead atoms. The quantitative estimate of drug-likeness (QED) is 0.909. The standard InChI is InChI=1S/C15H19NO3/c1-19-14-6-4-12(5-7-14)2-3-13-8-10-16(11-9-13)15(17)18/h2-7,13H,8-11H2,1H3,(H,17,18). The summed E-state index contributed by atoms with van der Waals surface area (Å²) in [5, 5.41) is 8.88. The van der Waals surface area contributed by atoms with E-state index in [-0.39, 0.29) is 0 Å². The van der Waals surface area contributed by atoms with Gasteiger partial charge in [-0.15, -0.1) is 0 Å². The zero-order chi connectivity index (χ0) is 13.7. The van der Waals surface area contributed by atoms with E-state index in [0.29, 0.717) is 19.0 Å². The van der Waals surface area contributed by atoms with Gasteiger partial charge in [0.15, 0.2) is 0 Å². The molecule has 1 aliphatic rings. The van der Waals surface area contributed by atoms with E-state index in [1.807, 2.05) is 24.3 Å². The van der Waals surface area contributed by atoms with Crippen molar-refractivity contribution in [1.82, 2.24) is 4.90 Å². The van der Waals surface area contributed by atoms with Crippen molar-refractivity contribution in [2.24, 2.45) is 5.92 Å². The number of likely N-dealkylation sites (tertiary alicyclic amines) is 1. The molecular weight excluding hydrogens is 242 g/mol. The van der Waals surface area contributed by atoms with Crippen LogP contribution in [-0.2, 0) is 0 Å². The van der Waals surface area contributed by atoms with Gasteiger partial charge in [0.25, 0.3) is 0 Å². The van der Waals surface area contributed by atoms with E-state index in [4.69, 9.17) is 9.84 Å². The van der Waals surface area contributed by atoms with Gasteiger partial charge in [0.05, 0.1) is 7.11 Å². The maximum Gasteiger partial charge on any atom is 0.407 e. The number of rotatable bonds is 3. The number of hydrogen-bond donors (Lipinski definition) is 1. The molecule has 0 unspecified atom stereocenters. The van der Waals surface area contributed by atoms with Crippen LogP contribution in [0.1, 0.15) is 18.4 Å². The van der Waals surface area contributed by atoms with Crippen molar-refractivity contribution in [2.45, 2.75) is 12.8 Å². The molecular formula is C15H19NO3. The summed E-state index contributed by atoms with van der Waals surface area (Å²) < 4.78 is 5.11. The molecule has 1 aromatic rings. The summed E-state index contributed by atoms with van der Waals surface area (Å²) in [5.74, 6) is 1.32. The minimum Gasteiger partial charge on any atom is -0.497 e. The molecule has 4 nitrogen and oxygen atoms in total. The number of methoxy groups -OCH3 is 1. The molecule has 19 heavy (non-hydrogen) atoms. The fourth-order valence-electron chi connectivity index (χ4n) is 2.25. The Morgan fingerprint density at radius 3 is 2.47 bits per heavy atom. The van der Waals surface area contributed by atoms with Crippen molar-refractivity contribution < 1.29 is 14.6 Å². The monoisotopic (exact) mass is 261 g/mol. The van der Waals surface area contributed by atoms with Crippen molar-refractivity contribution >= 4 is 12.2 Å². The summed E-state index contributed by atoms with van der Waals surface area (Å²) in [6.45, 7) is 1.26. The van der Waals surface area contributed by atoms with E-state index < -0.39 is 6.09 Å². The highest BCUT2D eigenvalue weighted by atomic mass is 16.5. The van der Waals surface area contributed by atoms with Crippen LogP contribution in [0.2, 0.25) is 0 Å². The van der Waals surface area contributed by atoms with E-state index in [9.17, 15) is 4.79 Å². The van der Waals surface area contributed by atoms with Gasteiger partial charge in [-0.05, 0) is 36.5 Å². The normalized spacial score (nSPS) is 16.8. The Bertz CT molecular complexity index is 445. The first-order chi connectivity index (χ1) is 9.19. The van der Waals surface area contributed by atoms with Crippen LogP contribution in [0.25, 0.3) is 6.08 Å². The van der Waals surface area contributed by atoms with E-state index in [2.05, 4.69) is 12.2 Å². The van der Waals surface area contributed by atoms with Crippen LogP contribution in [0, 0.1) is 5.92 Å². The molecule has 0 aliphatic carbocycles. The summed E-state index contributed by atoms with van der Waals surface area (Å²) in [4.78, 5) is 12.3. The van der Waals surface area contributed by atoms with E-state index >= 15 is 0 Å². The predicted octanol–water partition coefficient (Wildman–Crippen LogP) is 3.10. The second-order valence-electron chi connectivity index (χ2n) is 4.74. The number of allylic oxidation sites excluding steroid dienone is 1. The Balaban J connectivity index is 1.87. The fraction of sp³-hybridized carbons (Fsp3) is 0.400. The van der Waals surface area contributed by atoms with Gasteiger partial charge in [-0.25, -0.2) is 4.79 Å². The number of nitrogens with zero attached hydrogens (tertiary/aromatic N) is 1. The number of piperidine rings is 1. The molecule has 1 amide bonds. The Hall–Kier alpha value is -1.97. The highest BCUT2D eigenvalue weighted by Crippen LogP contribution is 2.20. The topological polar surface area (TPSA) is 49.8 Å². The molecule has 102 valence electrons. The first kappa shape index (κ1) is 13.5. The van der Waals surface area contributed by atoms with Crippen LogP contribution in [0.3, 0.4) is 0 Å². The molecule has 2 rings (SSSR count). The molecule has 0 saturated carbocycles. The lowest BCUT2D eigenvalue weighted by atomic mass is 9.96. The number of ether oxygens (including phenoxy) is 1. The van der Waals surface area contributed by atoms with Crippen molar-refractivity contribution in [3.8, 4) is 5.75 Å². The van der Waals surface area contributed by atoms with E-state index in [0.717, 1.165) is 24.2 Å². The molecule has 1 heterocycles. The first-order valence-electron chi connectivity index (χ1n) is 6.49. The second-order valence-corrected chi connectivity index (χ2v) is 4.74. The molecule has 1 fully saturated rings. The van der Waals surface area contributed by atoms with Crippen molar-refractivity contribution in [2.75, 3.05) is 20.2 Å². The van der Waals surface area contributed by atoms with Gasteiger partial charge in [0.1, 0.15) is 5.75 Å². The Morgan fingerprint density at radius 1 is 1.32 bits per heavy atom. The van der Waals surface area contributed by atoms with Gasteiger partial charge in [-0.2, -0.15) is 0 Å². The number of amides is 1. The number of hydrogen-bond acceptors (Lipinski definition) is 2. The van der Waals surface area contributed by atoms with Crippen LogP contribution in [-0.4, -0.2) is 36.3 Å². The minimum absolute atomic E-state index is 0.470. The number of carboxylic acid groups (broad SMARTS) is 1. The van der Waals surface area contributed by atoms with Crippen LogP contribution in [0.5, 0.6) is 5.75 Å². The van der Waals surface area contributed by atoms with Crippen molar-refractivity contribution in [3.05, 3.63) is 35.9 Å². The first-order valence-corrected chi connectivity index (χ1v) is 6.49. The van der Waals surface area contributed by atoms with Crippen molar-refractivity contribution in [3.63, 3.8) is 0 Å². The summed E-state index contributed by atoms with van der Waals surface area (Å²) in [6.07, 6.45) is 5.27. The second kappa shape index (κ2) is 6.27. The Morgan fingerprint density at radius 2 is 1.95 bits per heavy atom. The summed E-state index contributed by atoms with van der Waals surface area (Å²) in [7, 11) is 1.65. The zero-order valence-electron chi connectivity index (χ0n) is 11.1. The van der Waals surface area contributed by atoms with Gasteiger partial charge < -0.3 is 14.7 Å². The average molecular weight is 261 g/mol. The largest absolute Gasteiger partial charge is 0.497 e. The summed E-state index contributed by atoms with van der Waals surface area (Å²) in [6, 6.07) is 7.91. The highest BCUT2D eigenvalue weighted by Gasteiger charge is 2.20. The molecule has 1 saturated heterocycles. The van der Waals surface area contributed by atoms with Crippen LogP contribution in [0.4, 0.5) is 4.79 Å². The summed E-state index contributed by atoms with van der Waals surface area (Å²) in [5.41, 5.74) is 1.14. The van der Waals surface area contributed by atoms with Gasteiger partial charge in [-0.1, -0.05) is 24.3 Å². The average Bonchev–Trinajstić information content (AvgIpc) is 2.46. The van der Waals surface area contributed by atoms with Gasteiger partial charge in [0.2, 0.25) is 0 Å². The third-order valence-electron chi connectivity index (χ3n) is 3.49.